The van der Waals surface area contributed by atoms with E-state index in [-0.39, 0.29) is 0 Å². The molecule has 1 aliphatic heterocycles. The minimum Gasteiger partial charge on any atom is -0.369 e. The van der Waals surface area contributed by atoms with Crippen molar-refractivity contribution in [2.75, 3.05) is 31.1 Å². The molecule has 0 atom stereocenters. The zero-order valence-corrected chi connectivity index (χ0v) is 26.9. The van der Waals surface area contributed by atoms with Crippen molar-refractivity contribution >= 4 is 34.0 Å². The molecule has 2 aromatic heterocycles. The summed E-state index contributed by atoms with van der Waals surface area (Å²) in [4.78, 5) is 24.6. The van der Waals surface area contributed by atoms with Gasteiger partial charge in [-0.05, 0) is 65.6 Å². The van der Waals surface area contributed by atoms with Crippen LogP contribution < -0.4 is 9.74 Å². The number of para-hydroxylation sites is 1. The minimum absolute atomic E-state index is 0.402. The van der Waals surface area contributed by atoms with Crippen molar-refractivity contribution in [3.05, 3.63) is 103 Å². The van der Waals surface area contributed by atoms with E-state index in [0.717, 1.165) is 45.1 Å². The number of hydrogen-bond donors (Lipinski definition) is 0. The summed E-state index contributed by atoms with van der Waals surface area (Å²) in [6.07, 6.45) is 6.97. The number of rotatable bonds is 7. The van der Waals surface area contributed by atoms with E-state index in [1.807, 2.05) is 30.3 Å². The maximum absolute atomic E-state index is 12.7. The first-order chi connectivity index (χ1) is 23.2. The van der Waals surface area contributed by atoms with Crippen molar-refractivity contribution in [1.82, 2.24) is 30.3 Å². The van der Waals surface area contributed by atoms with Crippen LogP contribution in [0, 0.1) is 0 Å². The van der Waals surface area contributed by atoms with E-state index in [0.29, 0.717) is 16.6 Å². The van der Waals surface area contributed by atoms with Gasteiger partial charge in [0, 0.05) is 49.0 Å². The van der Waals surface area contributed by atoms with Gasteiger partial charge in [-0.25, -0.2) is 4.79 Å². The van der Waals surface area contributed by atoms with Gasteiger partial charge in [-0.2, -0.15) is 0 Å². The minimum atomic E-state index is -0.521. The zero-order chi connectivity index (χ0) is 31.6. The molecule has 0 spiro atoms. The van der Waals surface area contributed by atoms with Gasteiger partial charge in [-0.3, -0.25) is 4.90 Å². The fraction of sp³-hybridized carbons (Fsp3) is 0.270. The Morgan fingerprint density at radius 2 is 1.26 bits per heavy atom. The first-order valence-corrected chi connectivity index (χ1v) is 17.2. The molecular formula is C37H35N7O2S. The van der Waals surface area contributed by atoms with Gasteiger partial charge in [-0.1, -0.05) is 96.1 Å². The van der Waals surface area contributed by atoms with Crippen molar-refractivity contribution < 1.29 is 9.63 Å². The molecule has 236 valence electrons. The summed E-state index contributed by atoms with van der Waals surface area (Å²) in [6, 6.07) is 32.7. The second kappa shape index (κ2) is 13.1. The molecule has 1 saturated heterocycles. The van der Waals surface area contributed by atoms with Crippen LogP contribution in [0.5, 0.6) is 0 Å². The Morgan fingerprint density at radius 3 is 1.94 bits per heavy atom. The fourth-order valence-corrected chi connectivity index (χ4v) is 7.57. The Bertz CT molecular complexity index is 1970. The molecule has 2 aliphatic rings. The molecule has 8 rings (SSSR count). The Kier molecular flexibility index (Phi) is 8.19. The second-order valence-corrected chi connectivity index (χ2v) is 13.2. The molecule has 0 amide bonds. The van der Waals surface area contributed by atoms with E-state index in [4.69, 9.17) is 4.84 Å². The Hall–Kier alpha value is -4.93. The summed E-state index contributed by atoms with van der Waals surface area (Å²) in [7, 11) is 0. The first-order valence-electron chi connectivity index (χ1n) is 16.3. The smallest absolute Gasteiger partial charge is 0.365 e. The highest BCUT2D eigenvalue weighted by atomic mass is 32.1. The van der Waals surface area contributed by atoms with Crippen molar-refractivity contribution in [3.63, 3.8) is 0 Å². The summed E-state index contributed by atoms with van der Waals surface area (Å²) in [5, 5.41) is 18.4. The number of anilines is 1. The number of piperazine rings is 1. The number of carbonyl (C=O) groups is 1. The van der Waals surface area contributed by atoms with Crippen LogP contribution in [0.15, 0.2) is 97.1 Å². The molecule has 2 fully saturated rings. The van der Waals surface area contributed by atoms with Gasteiger partial charge in [0.2, 0.25) is 0 Å². The van der Waals surface area contributed by atoms with Crippen LogP contribution in [-0.4, -0.2) is 68.4 Å². The molecule has 0 N–H and O–H groups in total. The topological polar surface area (TPSA) is 89.3 Å². The van der Waals surface area contributed by atoms with Gasteiger partial charge >= 0.3 is 5.97 Å². The molecule has 47 heavy (non-hydrogen) atoms. The number of benzene rings is 4. The lowest BCUT2D eigenvalue weighted by Gasteiger charge is -2.41. The van der Waals surface area contributed by atoms with E-state index < -0.39 is 5.97 Å². The molecule has 0 unspecified atom stereocenters. The third-order valence-electron chi connectivity index (χ3n) is 9.39. The van der Waals surface area contributed by atoms with Gasteiger partial charge in [0.25, 0.3) is 0 Å². The summed E-state index contributed by atoms with van der Waals surface area (Å²) < 4.78 is 0. The zero-order valence-electron chi connectivity index (χ0n) is 26.0. The van der Waals surface area contributed by atoms with E-state index >= 15 is 0 Å². The van der Waals surface area contributed by atoms with Crippen LogP contribution in [0.2, 0.25) is 0 Å². The SMILES string of the molecule is O=C(On1nnc2ccccc21)c1ccc(-c2nnc(-c3ccc(-c4ccc(N5CCN(C6CCCCC6)CC5)cc4)cc3)s2)cc1. The van der Waals surface area contributed by atoms with Crippen molar-refractivity contribution in [1.29, 1.82) is 0 Å². The van der Waals surface area contributed by atoms with Crippen molar-refractivity contribution in [2.45, 2.75) is 38.1 Å². The second-order valence-electron chi connectivity index (χ2n) is 12.3. The van der Waals surface area contributed by atoms with Gasteiger partial charge < -0.3 is 9.74 Å². The van der Waals surface area contributed by atoms with Crippen molar-refractivity contribution in [3.8, 4) is 32.3 Å². The standard InChI is InChI=1S/C37H35N7O2S/c45-37(46-44-34-9-5-4-8-33(34)38-41-44)30-16-14-29(15-17-30)36-40-39-35(47-36)28-12-10-26(11-13-28)27-18-20-32(21-19-27)43-24-22-42(23-25-43)31-6-2-1-3-7-31/h4-5,8-21,31H,1-3,6-7,22-25H2. The van der Waals surface area contributed by atoms with Crippen LogP contribution in [0.3, 0.4) is 0 Å². The van der Waals surface area contributed by atoms with Gasteiger partial charge in [0.1, 0.15) is 21.0 Å². The molecule has 4 aromatic carbocycles. The molecule has 10 heteroatoms. The van der Waals surface area contributed by atoms with Crippen LogP contribution >= 0.6 is 11.3 Å². The molecule has 3 heterocycles. The lowest BCUT2D eigenvalue weighted by Crippen LogP contribution is -2.50. The lowest BCUT2D eigenvalue weighted by molar-refractivity contribution is 0.0409. The number of nitrogens with zero attached hydrogens (tertiary/aromatic N) is 7. The molecular weight excluding hydrogens is 607 g/mol. The maximum Gasteiger partial charge on any atom is 0.365 e. The van der Waals surface area contributed by atoms with Gasteiger partial charge in [-0.15, -0.1) is 15.3 Å². The molecule has 6 aromatic rings. The van der Waals surface area contributed by atoms with Crippen LogP contribution in [0.1, 0.15) is 42.5 Å². The average molecular weight is 642 g/mol. The first kappa shape index (κ1) is 29.5. The maximum atomic E-state index is 12.7. The largest absolute Gasteiger partial charge is 0.369 e. The highest BCUT2D eigenvalue weighted by Crippen LogP contribution is 2.32. The van der Waals surface area contributed by atoms with E-state index in [9.17, 15) is 4.79 Å². The quantitative estimate of drug-likeness (QED) is 0.172. The van der Waals surface area contributed by atoms with Crippen LogP contribution in [0.4, 0.5) is 5.69 Å². The number of aromatic nitrogens is 5. The third kappa shape index (κ3) is 6.26. The highest BCUT2D eigenvalue weighted by Gasteiger charge is 2.25. The van der Waals surface area contributed by atoms with Crippen LogP contribution in [-0.2, 0) is 0 Å². The summed E-state index contributed by atoms with van der Waals surface area (Å²) in [5.74, 6) is -0.521. The molecule has 9 nitrogen and oxygen atoms in total. The third-order valence-corrected chi connectivity index (χ3v) is 10.4. The predicted molar refractivity (Wildman–Crippen MR) is 185 cm³/mol. The molecule has 1 saturated carbocycles. The molecule has 0 radical (unpaired) electrons. The fourth-order valence-electron chi connectivity index (χ4n) is 6.71. The predicted octanol–water partition coefficient (Wildman–Crippen LogP) is 7.01. The van der Waals surface area contributed by atoms with E-state index in [1.54, 1.807) is 18.2 Å². The Labute approximate surface area is 277 Å². The van der Waals surface area contributed by atoms with E-state index in [2.05, 4.69) is 78.8 Å². The number of hydrogen-bond acceptors (Lipinski definition) is 9. The number of carbonyl (C=O) groups excluding carboxylic acids is 1. The lowest BCUT2D eigenvalue weighted by atomic mass is 9.94. The van der Waals surface area contributed by atoms with Gasteiger partial charge in [0.15, 0.2) is 0 Å². The van der Waals surface area contributed by atoms with Crippen LogP contribution in [0.25, 0.3) is 43.3 Å². The average Bonchev–Trinajstić information content (AvgIpc) is 3.81. The Morgan fingerprint density at radius 1 is 0.660 bits per heavy atom. The van der Waals surface area contributed by atoms with E-state index in [1.165, 1.54) is 73.3 Å². The highest BCUT2D eigenvalue weighted by molar-refractivity contribution is 7.17. The van der Waals surface area contributed by atoms with Crippen molar-refractivity contribution in [2.24, 2.45) is 0 Å². The molecule has 0 bridgehead atoms. The molecule has 1 aliphatic carbocycles. The Balaban J connectivity index is 0.884. The summed E-state index contributed by atoms with van der Waals surface area (Å²) in [6.45, 7) is 4.55. The number of fused-ring (bicyclic) bond motifs is 1. The summed E-state index contributed by atoms with van der Waals surface area (Å²) >= 11 is 1.52. The monoisotopic (exact) mass is 641 g/mol. The summed E-state index contributed by atoms with van der Waals surface area (Å²) in [5.41, 5.74) is 7.26. The van der Waals surface area contributed by atoms with Gasteiger partial charge in [0.05, 0.1) is 5.56 Å². The normalized spacial score (nSPS) is 16.0.